The van der Waals surface area contributed by atoms with Crippen LogP contribution in [0, 0.1) is 0 Å². The fourth-order valence-electron chi connectivity index (χ4n) is 2.97. The lowest BCUT2D eigenvalue weighted by Gasteiger charge is -2.13. The number of rotatable bonds is 5. The number of halogens is 2. The Bertz CT molecular complexity index is 1220. The predicted octanol–water partition coefficient (Wildman–Crippen LogP) is 6.67. The molecule has 2 amide bonds. The van der Waals surface area contributed by atoms with Crippen molar-refractivity contribution in [2.75, 3.05) is 0 Å². The van der Waals surface area contributed by atoms with E-state index >= 15 is 0 Å². The molecule has 4 rings (SSSR count). The summed E-state index contributed by atoms with van der Waals surface area (Å²) in [6.45, 7) is 0.203. The highest BCUT2D eigenvalue weighted by Gasteiger charge is 2.35. The molecule has 0 bridgehead atoms. The number of hydrogen-bond donors (Lipinski definition) is 0. The number of nitrogens with zero attached hydrogens (tertiary/aromatic N) is 1. The second-order valence-electron chi connectivity index (χ2n) is 6.82. The molecule has 1 aliphatic heterocycles. The van der Waals surface area contributed by atoms with Gasteiger partial charge in [-0.05, 0) is 71.4 Å². The smallest absolute Gasteiger partial charge is 0.343 e. The molecule has 32 heavy (non-hydrogen) atoms. The number of esters is 1. The second kappa shape index (κ2) is 9.85. The van der Waals surface area contributed by atoms with Gasteiger partial charge in [0.1, 0.15) is 5.75 Å². The molecule has 0 aromatic heterocycles. The number of carbonyl (C=O) groups excluding carboxylic acids is 3. The lowest BCUT2D eigenvalue weighted by Crippen LogP contribution is -2.27. The van der Waals surface area contributed by atoms with Crippen LogP contribution in [0.15, 0.2) is 86.6 Å². The normalized spacial score (nSPS) is 14.8. The van der Waals surface area contributed by atoms with Crippen molar-refractivity contribution in [3.05, 3.63) is 103 Å². The minimum Gasteiger partial charge on any atom is -0.423 e. The third kappa shape index (κ3) is 5.20. The third-order valence-electron chi connectivity index (χ3n) is 4.63. The minimum atomic E-state index is -0.460. The van der Waals surface area contributed by atoms with E-state index in [1.807, 2.05) is 24.3 Å². The highest BCUT2D eigenvalue weighted by molar-refractivity contribution is 9.10. The molecule has 8 heteroatoms. The van der Waals surface area contributed by atoms with E-state index in [0.29, 0.717) is 16.2 Å². The van der Waals surface area contributed by atoms with Crippen molar-refractivity contribution in [3.8, 4) is 5.75 Å². The van der Waals surface area contributed by atoms with Gasteiger partial charge in [-0.2, -0.15) is 0 Å². The molecule has 0 atom stereocenters. The van der Waals surface area contributed by atoms with Gasteiger partial charge in [0, 0.05) is 8.95 Å². The van der Waals surface area contributed by atoms with Gasteiger partial charge in [-0.1, -0.05) is 62.2 Å². The Morgan fingerprint density at radius 2 is 1.62 bits per heavy atom. The van der Waals surface area contributed by atoms with E-state index in [-0.39, 0.29) is 17.7 Å². The van der Waals surface area contributed by atoms with Crippen LogP contribution < -0.4 is 4.74 Å². The molecular weight excluding hydrogens is 558 g/mol. The van der Waals surface area contributed by atoms with E-state index in [4.69, 9.17) is 4.74 Å². The lowest BCUT2D eigenvalue weighted by atomic mass is 10.2. The summed E-state index contributed by atoms with van der Waals surface area (Å²) in [6.07, 6.45) is 1.66. The maximum absolute atomic E-state index is 12.8. The van der Waals surface area contributed by atoms with Crippen LogP contribution in [0.25, 0.3) is 6.08 Å². The van der Waals surface area contributed by atoms with Crippen molar-refractivity contribution in [1.29, 1.82) is 0 Å². The maximum atomic E-state index is 12.8. The molecule has 1 saturated heterocycles. The molecule has 3 aromatic carbocycles. The first kappa shape index (κ1) is 22.5. The van der Waals surface area contributed by atoms with E-state index in [1.165, 1.54) is 4.90 Å². The van der Waals surface area contributed by atoms with Gasteiger partial charge in [-0.25, -0.2) is 4.79 Å². The molecule has 1 aliphatic rings. The van der Waals surface area contributed by atoms with Crippen molar-refractivity contribution < 1.29 is 19.1 Å². The Labute approximate surface area is 205 Å². The summed E-state index contributed by atoms with van der Waals surface area (Å²) in [5.41, 5.74) is 2.02. The summed E-state index contributed by atoms with van der Waals surface area (Å²) >= 11 is 7.68. The molecule has 0 unspecified atom stereocenters. The molecular formula is C24H15Br2NO4S. The average molecular weight is 573 g/mol. The van der Waals surface area contributed by atoms with Gasteiger partial charge in [0.05, 0.1) is 17.0 Å². The summed E-state index contributed by atoms with van der Waals surface area (Å²) in [4.78, 5) is 39.0. The van der Waals surface area contributed by atoms with Crippen LogP contribution in [0.1, 0.15) is 21.5 Å². The highest BCUT2D eigenvalue weighted by atomic mass is 79.9. The summed E-state index contributed by atoms with van der Waals surface area (Å²) in [7, 11) is 0. The minimum absolute atomic E-state index is 0.203. The van der Waals surface area contributed by atoms with Crippen LogP contribution in [-0.4, -0.2) is 22.0 Å². The van der Waals surface area contributed by atoms with Crippen LogP contribution in [0.2, 0.25) is 0 Å². The third-order valence-corrected chi connectivity index (χ3v) is 6.84. The van der Waals surface area contributed by atoms with E-state index in [2.05, 4.69) is 31.9 Å². The van der Waals surface area contributed by atoms with Gasteiger partial charge in [0.2, 0.25) is 0 Å². The largest absolute Gasteiger partial charge is 0.423 e. The zero-order valence-electron chi connectivity index (χ0n) is 16.5. The number of ether oxygens (including phenoxy) is 1. The van der Waals surface area contributed by atoms with Gasteiger partial charge in [-0.3, -0.25) is 14.5 Å². The van der Waals surface area contributed by atoms with Gasteiger partial charge in [0.15, 0.2) is 0 Å². The Hall–Kier alpha value is -2.68. The molecule has 0 spiro atoms. The van der Waals surface area contributed by atoms with Crippen LogP contribution in [0.5, 0.6) is 5.75 Å². The first-order chi connectivity index (χ1) is 15.4. The van der Waals surface area contributed by atoms with Crippen molar-refractivity contribution in [2.24, 2.45) is 0 Å². The van der Waals surface area contributed by atoms with Crippen LogP contribution in [0.3, 0.4) is 0 Å². The molecule has 3 aromatic rings. The summed E-state index contributed by atoms with van der Waals surface area (Å²) in [5.74, 6) is -0.406. The molecule has 1 heterocycles. The van der Waals surface area contributed by atoms with Crippen molar-refractivity contribution in [1.82, 2.24) is 4.90 Å². The van der Waals surface area contributed by atoms with E-state index in [1.54, 1.807) is 54.6 Å². The van der Waals surface area contributed by atoms with E-state index in [9.17, 15) is 14.4 Å². The molecule has 0 N–H and O–H groups in total. The van der Waals surface area contributed by atoms with Gasteiger partial charge < -0.3 is 4.74 Å². The quantitative estimate of drug-likeness (QED) is 0.194. The fraction of sp³-hybridized carbons (Fsp3) is 0.0417. The number of imide groups is 1. The average Bonchev–Trinajstić information content (AvgIpc) is 3.04. The number of hydrogen-bond acceptors (Lipinski definition) is 5. The van der Waals surface area contributed by atoms with Crippen LogP contribution in [-0.2, 0) is 11.3 Å². The SMILES string of the molecule is O=C(Oc1ccc(/C=C2\SC(=O)N(Cc3ccccc3Br)C2=O)cc1)c1ccc(Br)cc1. The van der Waals surface area contributed by atoms with Crippen LogP contribution in [0.4, 0.5) is 4.79 Å². The summed E-state index contributed by atoms with van der Waals surface area (Å²) < 4.78 is 7.10. The monoisotopic (exact) mass is 571 g/mol. The first-order valence-electron chi connectivity index (χ1n) is 9.47. The lowest BCUT2D eigenvalue weighted by molar-refractivity contribution is -0.123. The molecule has 0 radical (unpaired) electrons. The Morgan fingerprint density at radius 1 is 0.938 bits per heavy atom. The molecule has 5 nitrogen and oxygen atoms in total. The van der Waals surface area contributed by atoms with Gasteiger partial charge >= 0.3 is 5.97 Å². The Morgan fingerprint density at radius 3 is 2.31 bits per heavy atom. The number of thioether (sulfide) groups is 1. The molecule has 0 aliphatic carbocycles. The van der Waals surface area contributed by atoms with E-state index in [0.717, 1.165) is 31.8 Å². The maximum Gasteiger partial charge on any atom is 0.343 e. The van der Waals surface area contributed by atoms with Crippen LogP contribution >= 0.6 is 43.6 Å². The Balaban J connectivity index is 1.44. The first-order valence-corrected chi connectivity index (χ1v) is 11.9. The van der Waals surface area contributed by atoms with Gasteiger partial charge in [0.25, 0.3) is 11.1 Å². The van der Waals surface area contributed by atoms with Crippen molar-refractivity contribution in [2.45, 2.75) is 6.54 Å². The molecule has 1 fully saturated rings. The highest BCUT2D eigenvalue weighted by Crippen LogP contribution is 2.34. The van der Waals surface area contributed by atoms with Crippen molar-refractivity contribution in [3.63, 3.8) is 0 Å². The predicted molar refractivity (Wildman–Crippen MR) is 131 cm³/mol. The molecule has 0 saturated carbocycles. The van der Waals surface area contributed by atoms with E-state index < -0.39 is 5.97 Å². The Kier molecular flexibility index (Phi) is 6.93. The zero-order chi connectivity index (χ0) is 22.7. The summed E-state index contributed by atoms with van der Waals surface area (Å²) in [6, 6.07) is 21.1. The molecule has 160 valence electrons. The topological polar surface area (TPSA) is 63.7 Å². The van der Waals surface area contributed by atoms with Crippen molar-refractivity contribution >= 4 is 66.8 Å². The standard InChI is InChI=1S/C24H15Br2NO4S/c25-18-9-7-16(8-10-18)23(29)31-19-11-5-15(6-12-19)13-21-22(28)27(24(30)32-21)14-17-3-1-2-4-20(17)26/h1-13H,14H2/b21-13-. The summed E-state index contributed by atoms with van der Waals surface area (Å²) in [5, 5.41) is -0.308. The fourth-order valence-corrected chi connectivity index (χ4v) is 4.48. The number of amides is 2. The number of benzene rings is 3. The zero-order valence-corrected chi connectivity index (χ0v) is 20.4. The number of carbonyl (C=O) groups is 3. The van der Waals surface area contributed by atoms with Gasteiger partial charge in [-0.15, -0.1) is 0 Å². The second-order valence-corrected chi connectivity index (χ2v) is 9.59.